The fourth-order valence-corrected chi connectivity index (χ4v) is 0.685. The molecule has 0 fully saturated rings. The predicted octanol–water partition coefficient (Wildman–Crippen LogP) is 3.35. The van der Waals surface area contributed by atoms with Crippen molar-refractivity contribution < 1.29 is 21.7 Å². The zero-order valence-corrected chi connectivity index (χ0v) is 10.3. The van der Waals surface area contributed by atoms with Crippen LogP contribution in [0.2, 0.25) is 0 Å². The molecule has 0 aromatic heterocycles. The van der Waals surface area contributed by atoms with Crippen LogP contribution in [-0.2, 0) is 21.7 Å². The van der Waals surface area contributed by atoms with Gasteiger partial charge in [-0.15, -0.1) is 43.6 Å². The van der Waals surface area contributed by atoms with Crippen LogP contribution in [0.15, 0.2) is 17.7 Å². The molecule has 0 nitrogen and oxygen atoms in total. The second-order valence-corrected chi connectivity index (χ2v) is 1.69. The van der Waals surface area contributed by atoms with E-state index < -0.39 is 0 Å². The zero-order chi connectivity index (χ0) is 5.11. The van der Waals surface area contributed by atoms with Crippen LogP contribution in [0.3, 0.4) is 0 Å². The number of allylic oxidation sites excluding steroid dienone is 4. The maximum absolute atomic E-state index is 3.11. The number of hydrogen-bond donors (Lipinski definition) is 0. The Bertz CT molecular complexity index is 121. The topological polar surface area (TPSA) is 0 Å². The monoisotopic (exact) mass is 249 g/mol. The van der Waals surface area contributed by atoms with Crippen LogP contribution in [0.1, 0.15) is 19.8 Å². The first-order valence-electron chi connectivity index (χ1n) is 2.69. The molecule has 0 radical (unpaired) electrons. The van der Waals surface area contributed by atoms with Crippen LogP contribution in [-0.4, -0.2) is 0 Å². The molecule has 0 aromatic carbocycles. The Morgan fingerprint density at radius 2 is 1.91 bits per heavy atom. The molecule has 4 heteroatoms. The summed E-state index contributed by atoms with van der Waals surface area (Å²) in [6.07, 6.45) is 9.57. The number of hydrogen-bond acceptors (Lipinski definition) is 0. The Morgan fingerprint density at radius 1 is 1.36 bits per heavy atom. The van der Waals surface area contributed by atoms with E-state index in [2.05, 4.69) is 25.2 Å². The summed E-state index contributed by atoms with van der Waals surface area (Å²) >= 11 is 0. The van der Waals surface area contributed by atoms with Crippen molar-refractivity contribution in [2.45, 2.75) is 19.8 Å². The summed E-state index contributed by atoms with van der Waals surface area (Å²) in [4.78, 5) is 0. The molecule has 0 saturated carbocycles. The van der Waals surface area contributed by atoms with Crippen LogP contribution in [0.5, 0.6) is 0 Å². The number of rotatable bonds is 1. The van der Waals surface area contributed by atoms with Gasteiger partial charge in [-0.05, 0) is 0 Å². The maximum atomic E-state index is 3.11. The van der Waals surface area contributed by atoms with E-state index in [1.165, 1.54) is 5.57 Å². The average Bonchev–Trinajstić information content (AvgIpc) is 2.14. The van der Waals surface area contributed by atoms with Gasteiger partial charge in [0.05, 0.1) is 0 Å². The van der Waals surface area contributed by atoms with Gasteiger partial charge in [-0.25, -0.2) is 11.6 Å². The molecule has 0 spiro atoms. The van der Waals surface area contributed by atoms with Gasteiger partial charge in [0.25, 0.3) is 0 Å². The van der Waals surface area contributed by atoms with Crippen LogP contribution in [0.4, 0.5) is 0 Å². The first-order valence-corrected chi connectivity index (χ1v) is 2.69. The molecule has 0 aliphatic heterocycles. The Kier molecular flexibility index (Phi) is 28.2. The number of halogens is 3. The summed E-state index contributed by atoms with van der Waals surface area (Å²) in [7, 11) is 0. The minimum Gasteiger partial charge on any atom is -0.273 e. The molecule has 1 aliphatic rings. The zero-order valence-electron chi connectivity index (χ0n) is 6.29. The van der Waals surface area contributed by atoms with Crippen LogP contribution >= 0.6 is 37.2 Å². The molecule has 0 atom stereocenters. The Morgan fingerprint density at radius 3 is 2.09 bits per heavy atom. The van der Waals surface area contributed by atoms with Crippen molar-refractivity contribution in [2.75, 3.05) is 0 Å². The van der Waals surface area contributed by atoms with E-state index in [-0.39, 0.29) is 58.9 Å². The summed E-state index contributed by atoms with van der Waals surface area (Å²) < 4.78 is 0. The standard InChI is InChI=1S/C7H9.3ClH.Ti/c1-2-7-5-3-4-6-7;;;;/h5-6H,2-3H2,1H3;3*1H;/q-1;;;;. The largest absolute Gasteiger partial charge is 0.273 e. The Hall–Kier alpha value is 1.06. The van der Waals surface area contributed by atoms with Gasteiger partial charge >= 0.3 is 0 Å². The van der Waals surface area contributed by atoms with E-state index in [0.29, 0.717) is 0 Å². The van der Waals surface area contributed by atoms with Gasteiger partial charge < -0.3 is 0 Å². The van der Waals surface area contributed by atoms with E-state index in [4.69, 9.17) is 0 Å². The van der Waals surface area contributed by atoms with E-state index in [1.807, 2.05) is 0 Å². The van der Waals surface area contributed by atoms with Crippen LogP contribution < -0.4 is 0 Å². The molecule has 0 bridgehead atoms. The first-order chi connectivity index (χ1) is 3.43. The van der Waals surface area contributed by atoms with Crippen LogP contribution in [0.25, 0.3) is 0 Å². The fourth-order valence-electron chi connectivity index (χ4n) is 0.685. The van der Waals surface area contributed by atoms with E-state index >= 15 is 0 Å². The fraction of sp³-hybridized carbons (Fsp3) is 0.429. The van der Waals surface area contributed by atoms with Crippen molar-refractivity contribution in [1.82, 2.24) is 0 Å². The molecule has 11 heavy (non-hydrogen) atoms. The summed E-state index contributed by atoms with van der Waals surface area (Å²) in [5, 5.41) is 0. The van der Waals surface area contributed by atoms with Gasteiger partial charge in [0, 0.05) is 21.7 Å². The Labute approximate surface area is 102 Å². The summed E-state index contributed by atoms with van der Waals surface area (Å²) in [5.41, 5.74) is 1.43. The summed E-state index contributed by atoms with van der Waals surface area (Å²) in [6.45, 7) is 2.16. The Balaban J connectivity index is -0.0000000612. The molecular weight excluding hydrogens is 238 g/mol. The predicted molar refractivity (Wildman–Crippen MR) is 52.5 cm³/mol. The normalized spacial score (nSPS) is 11.2. The average molecular weight is 250 g/mol. The van der Waals surface area contributed by atoms with E-state index in [0.717, 1.165) is 12.8 Å². The molecule has 0 saturated heterocycles. The molecule has 1 aliphatic carbocycles. The third-order valence-electron chi connectivity index (χ3n) is 1.18. The molecule has 0 N–H and O–H groups in total. The summed E-state index contributed by atoms with van der Waals surface area (Å²) in [6, 6.07) is 0. The van der Waals surface area contributed by atoms with Gasteiger partial charge in [-0.1, -0.05) is 13.3 Å². The molecule has 66 valence electrons. The van der Waals surface area contributed by atoms with Crippen molar-refractivity contribution in [3.63, 3.8) is 0 Å². The third-order valence-corrected chi connectivity index (χ3v) is 1.18. The molecular formula is C7H12Cl3Ti-. The molecule has 1 rings (SSSR count). The molecule has 0 unspecified atom stereocenters. The van der Waals surface area contributed by atoms with Gasteiger partial charge in [-0.3, -0.25) is 6.08 Å². The SMILES string of the molecule is CCC1=CC[C-]=C1.Cl.Cl.Cl.[Ti]. The van der Waals surface area contributed by atoms with Crippen molar-refractivity contribution in [3.8, 4) is 0 Å². The van der Waals surface area contributed by atoms with Crippen molar-refractivity contribution in [2.24, 2.45) is 0 Å². The minimum absolute atomic E-state index is 0. The smallest absolute Gasteiger partial charge is 0 e. The van der Waals surface area contributed by atoms with Crippen molar-refractivity contribution in [1.29, 1.82) is 0 Å². The van der Waals surface area contributed by atoms with E-state index in [1.54, 1.807) is 0 Å². The molecule has 0 amide bonds. The quantitative estimate of drug-likeness (QED) is 0.494. The third kappa shape index (κ3) is 8.97. The minimum atomic E-state index is 0. The van der Waals surface area contributed by atoms with Gasteiger partial charge in [0.2, 0.25) is 0 Å². The van der Waals surface area contributed by atoms with Gasteiger partial charge in [-0.2, -0.15) is 6.08 Å². The van der Waals surface area contributed by atoms with Crippen molar-refractivity contribution >= 4 is 37.2 Å². The van der Waals surface area contributed by atoms with E-state index in [9.17, 15) is 0 Å². The second-order valence-electron chi connectivity index (χ2n) is 1.69. The van der Waals surface area contributed by atoms with Gasteiger partial charge in [0.1, 0.15) is 0 Å². The second kappa shape index (κ2) is 13.6. The maximum Gasteiger partial charge on any atom is 0 e. The van der Waals surface area contributed by atoms with Crippen molar-refractivity contribution in [3.05, 3.63) is 23.8 Å². The van der Waals surface area contributed by atoms with Gasteiger partial charge in [0.15, 0.2) is 0 Å². The summed E-state index contributed by atoms with van der Waals surface area (Å²) in [5.74, 6) is 0. The first kappa shape index (κ1) is 22.7. The molecule has 0 aromatic rings. The van der Waals surface area contributed by atoms with Crippen LogP contribution in [0, 0.1) is 6.08 Å². The molecule has 0 heterocycles.